The molecule has 0 saturated carbocycles. The number of halogens is 1. The lowest BCUT2D eigenvalue weighted by molar-refractivity contribution is -0.130. The molecule has 1 atom stereocenters. The Morgan fingerprint density at radius 1 is 1.32 bits per heavy atom. The third-order valence-electron chi connectivity index (χ3n) is 3.24. The highest BCUT2D eigenvalue weighted by atomic mass is 35.5. The van der Waals surface area contributed by atoms with Crippen LogP contribution in [-0.4, -0.2) is 5.91 Å². The van der Waals surface area contributed by atoms with Crippen molar-refractivity contribution in [3.8, 4) is 0 Å². The van der Waals surface area contributed by atoms with Gasteiger partial charge in [0.1, 0.15) is 0 Å². The highest BCUT2D eigenvalue weighted by molar-refractivity contribution is 6.30. The maximum atomic E-state index is 12.3. The van der Waals surface area contributed by atoms with Crippen molar-refractivity contribution in [3.63, 3.8) is 0 Å². The summed E-state index contributed by atoms with van der Waals surface area (Å²) in [5.41, 5.74) is 0.990. The van der Waals surface area contributed by atoms with Gasteiger partial charge in [0.15, 0.2) is 0 Å². The van der Waals surface area contributed by atoms with Gasteiger partial charge in [-0.1, -0.05) is 58.4 Å². The molecule has 1 aromatic carbocycles. The number of amides is 1. The molecule has 0 fully saturated rings. The quantitative estimate of drug-likeness (QED) is 0.877. The van der Waals surface area contributed by atoms with Crippen molar-refractivity contribution in [1.82, 2.24) is 5.32 Å². The first-order chi connectivity index (χ1) is 8.71. The SMILES string of the molecule is CC(C)C(C(=O)NCc1cccc(Cl)c1)C(C)(C)C. The van der Waals surface area contributed by atoms with E-state index in [1.54, 1.807) is 0 Å². The zero-order valence-corrected chi connectivity index (χ0v) is 13.2. The topological polar surface area (TPSA) is 29.1 Å². The van der Waals surface area contributed by atoms with Crippen molar-refractivity contribution in [1.29, 1.82) is 0 Å². The van der Waals surface area contributed by atoms with Crippen LogP contribution in [0.4, 0.5) is 0 Å². The van der Waals surface area contributed by atoms with Crippen molar-refractivity contribution >= 4 is 17.5 Å². The minimum absolute atomic E-state index is 0.00619. The van der Waals surface area contributed by atoms with Crippen LogP contribution in [0.1, 0.15) is 40.2 Å². The molecule has 0 aliphatic carbocycles. The van der Waals surface area contributed by atoms with Gasteiger partial charge < -0.3 is 5.32 Å². The molecule has 106 valence electrons. The Balaban J connectivity index is 2.68. The van der Waals surface area contributed by atoms with E-state index in [-0.39, 0.29) is 17.2 Å². The zero-order chi connectivity index (χ0) is 14.6. The van der Waals surface area contributed by atoms with Crippen molar-refractivity contribution in [2.24, 2.45) is 17.3 Å². The van der Waals surface area contributed by atoms with E-state index in [4.69, 9.17) is 11.6 Å². The summed E-state index contributed by atoms with van der Waals surface area (Å²) >= 11 is 5.93. The van der Waals surface area contributed by atoms with Gasteiger partial charge in [0.05, 0.1) is 0 Å². The largest absolute Gasteiger partial charge is 0.352 e. The van der Waals surface area contributed by atoms with Crippen LogP contribution in [0.15, 0.2) is 24.3 Å². The summed E-state index contributed by atoms with van der Waals surface area (Å²) in [6.07, 6.45) is 0. The first-order valence-corrected chi connectivity index (χ1v) is 7.11. The Bertz CT molecular complexity index is 435. The molecule has 2 nitrogen and oxygen atoms in total. The summed E-state index contributed by atoms with van der Waals surface area (Å²) in [6, 6.07) is 7.57. The summed E-state index contributed by atoms with van der Waals surface area (Å²) in [4.78, 5) is 12.3. The van der Waals surface area contributed by atoms with E-state index in [9.17, 15) is 4.79 Å². The summed E-state index contributed by atoms with van der Waals surface area (Å²) in [5, 5.41) is 3.71. The second-order valence-electron chi connectivity index (χ2n) is 6.44. The zero-order valence-electron chi connectivity index (χ0n) is 12.5. The van der Waals surface area contributed by atoms with E-state index < -0.39 is 0 Å². The molecule has 0 aromatic heterocycles. The van der Waals surface area contributed by atoms with Gasteiger partial charge in [-0.25, -0.2) is 0 Å². The first-order valence-electron chi connectivity index (χ1n) is 6.74. The number of carbonyl (C=O) groups is 1. The molecule has 0 saturated heterocycles. The van der Waals surface area contributed by atoms with Crippen molar-refractivity contribution < 1.29 is 4.79 Å². The van der Waals surface area contributed by atoms with E-state index in [1.165, 1.54) is 0 Å². The van der Waals surface area contributed by atoms with Crippen LogP contribution < -0.4 is 5.32 Å². The van der Waals surface area contributed by atoms with Gasteiger partial charge in [0.25, 0.3) is 0 Å². The minimum Gasteiger partial charge on any atom is -0.352 e. The van der Waals surface area contributed by atoms with E-state index >= 15 is 0 Å². The van der Waals surface area contributed by atoms with Crippen LogP contribution >= 0.6 is 11.6 Å². The van der Waals surface area contributed by atoms with Gasteiger partial charge in [-0.2, -0.15) is 0 Å². The molecule has 3 heteroatoms. The van der Waals surface area contributed by atoms with Crippen LogP contribution in [0.3, 0.4) is 0 Å². The summed E-state index contributed by atoms with van der Waals surface area (Å²) in [5.74, 6) is 0.438. The lowest BCUT2D eigenvalue weighted by Crippen LogP contribution is -2.40. The lowest BCUT2D eigenvalue weighted by Gasteiger charge is -2.32. The maximum Gasteiger partial charge on any atom is 0.224 e. The molecular formula is C16H24ClNO. The Hall–Kier alpha value is -1.02. The molecule has 0 spiro atoms. The average Bonchev–Trinajstić information content (AvgIpc) is 2.24. The van der Waals surface area contributed by atoms with E-state index in [0.717, 1.165) is 5.56 Å². The molecule has 1 amide bonds. The first kappa shape index (κ1) is 16.0. The number of nitrogens with one attached hydrogen (secondary N) is 1. The van der Waals surface area contributed by atoms with Crippen LogP contribution in [0, 0.1) is 17.3 Å². The van der Waals surface area contributed by atoms with Gasteiger partial charge >= 0.3 is 0 Å². The van der Waals surface area contributed by atoms with Gasteiger partial charge in [0.2, 0.25) is 5.91 Å². The number of hydrogen-bond acceptors (Lipinski definition) is 1. The highest BCUT2D eigenvalue weighted by Crippen LogP contribution is 2.32. The molecule has 0 heterocycles. The molecule has 1 N–H and O–H groups in total. The standard InChI is InChI=1S/C16H24ClNO/c1-11(2)14(16(3,4)5)15(19)18-10-12-7-6-8-13(17)9-12/h6-9,11,14H,10H2,1-5H3,(H,18,19). The Morgan fingerprint density at radius 2 is 1.95 bits per heavy atom. The number of rotatable bonds is 4. The van der Waals surface area contributed by atoms with Crippen LogP contribution in [0.25, 0.3) is 0 Å². The second kappa shape index (κ2) is 6.42. The molecule has 0 aliphatic rings. The highest BCUT2D eigenvalue weighted by Gasteiger charge is 2.33. The van der Waals surface area contributed by atoms with E-state index in [2.05, 4.69) is 39.9 Å². The van der Waals surface area contributed by atoms with Crippen LogP contribution in [-0.2, 0) is 11.3 Å². The summed E-state index contributed by atoms with van der Waals surface area (Å²) in [7, 11) is 0. The van der Waals surface area contributed by atoms with Gasteiger partial charge in [-0.3, -0.25) is 4.79 Å². The summed E-state index contributed by atoms with van der Waals surface area (Å²) in [6.45, 7) is 11.0. The number of hydrogen-bond donors (Lipinski definition) is 1. The monoisotopic (exact) mass is 281 g/mol. The molecule has 1 unspecified atom stereocenters. The predicted molar refractivity (Wildman–Crippen MR) is 81.1 cm³/mol. The third-order valence-corrected chi connectivity index (χ3v) is 3.47. The Morgan fingerprint density at radius 3 is 2.42 bits per heavy atom. The lowest BCUT2D eigenvalue weighted by atomic mass is 9.74. The Kier molecular flexibility index (Phi) is 5.42. The van der Waals surface area contributed by atoms with Crippen molar-refractivity contribution in [2.45, 2.75) is 41.2 Å². The van der Waals surface area contributed by atoms with Crippen LogP contribution in [0.5, 0.6) is 0 Å². The fourth-order valence-electron chi connectivity index (χ4n) is 2.64. The van der Waals surface area contributed by atoms with Crippen LogP contribution in [0.2, 0.25) is 5.02 Å². The van der Waals surface area contributed by atoms with E-state index in [0.29, 0.717) is 17.5 Å². The minimum atomic E-state index is -0.0351. The van der Waals surface area contributed by atoms with Gasteiger partial charge in [-0.15, -0.1) is 0 Å². The number of carbonyl (C=O) groups excluding carboxylic acids is 1. The maximum absolute atomic E-state index is 12.3. The fraction of sp³-hybridized carbons (Fsp3) is 0.562. The second-order valence-corrected chi connectivity index (χ2v) is 6.87. The smallest absolute Gasteiger partial charge is 0.224 e. The Labute approximate surface area is 121 Å². The normalized spacial score (nSPS) is 13.4. The predicted octanol–water partition coefficient (Wildman–Crippen LogP) is 4.27. The average molecular weight is 282 g/mol. The van der Waals surface area contributed by atoms with Crippen molar-refractivity contribution in [2.75, 3.05) is 0 Å². The van der Waals surface area contributed by atoms with Crippen molar-refractivity contribution in [3.05, 3.63) is 34.9 Å². The molecule has 1 aromatic rings. The molecular weight excluding hydrogens is 258 g/mol. The fourth-order valence-corrected chi connectivity index (χ4v) is 2.85. The third kappa shape index (κ3) is 4.87. The molecule has 19 heavy (non-hydrogen) atoms. The molecule has 0 radical (unpaired) electrons. The van der Waals surface area contributed by atoms with E-state index in [1.807, 2.05) is 24.3 Å². The van der Waals surface area contributed by atoms with Gasteiger partial charge in [0, 0.05) is 17.5 Å². The molecule has 1 rings (SSSR count). The summed E-state index contributed by atoms with van der Waals surface area (Å²) < 4.78 is 0. The number of benzene rings is 1. The molecule has 0 aliphatic heterocycles. The van der Waals surface area contributed by atoms with Gasteiger partial charge in [-0.05, 0) is 29.0 Å². The molecule has 0 bridgehead atoms.